The summed E-state index contributed by atoms with van der Waals surface area (Å²) in [6.45, 7) is 3.60. The third-order valence-corrected chi connectivity index (χ3v) is 4.00. The Morgan fingerprint density at radius 2 is 1.85 bits per heavy atom. The lowest BCUT2D eigenvalue weighted by Crippen LogP contribution is -2.31. The molecule has 0 spiro atoms. The van der Waals surface area contributed by atoms with Gasteiger partial charge in [-0.15, -0.1) is 24.0 Å². The fourth-order valence-corrected chi connectivity index (χ4v) is 2.31. The van der Waals surface area contributed by atoms with Gasteiger partial charge < -0.3 is 24.8 Å². The standard InChI is InChI=1S/C16H27N3O5S.HI/c1-5-17-16(18-8-9-24-10-11-25(4,20)21)19-13-6-7-14(22-2)15(12-13)23-3;/h6-7,12H,5,8-11H2,1-4H3,(H2,17,18,19);1H. The van der Waals surface area contributed by atoms with Crippen molar-refractivity contribution in [3.8, 4) is 11.5 Å². The quantitative estimate of drug-likeness (QED) is 0.218. The second kappa shape index (κ2) is 13.0. The number of halogens is 1. The molecule has 8 nitrogen and oxygen atoms in total. The van der Waals surface area contributed by atoms with Crippen molar-refractivity contribution in [3.63, 3.8) is 0 Å². The molecule has 0 aromatic heterocycles. The van der Waals surface area contributed by atoms with E-state index < -0.39 is 9.84 Å². The van der Waals surface area contributed by atoms with E-state index in [1.165, 1.54) is 6.26 Å². The fourth-order valence-electron chi connectivity index (χ4n) is 1.89. The van der Waals surface area contributed by atoms with Crippen LogP contribution >= 0.6 is 24.0 Å². The zero-order valence-corrected chi connectivity index (χ0v) is 18.7. The fraction of sp³-hybridized carbons (Fsp3) is 0.562. The summed E-state index contributed by atoms with van der Waals surface area (Å²) in [6, 6.07) is 5.48. The zero-order chi connectivity index (χ0) is 18.7. The van der Waals surface area contributed by atoms with Crippen LogP contribution in [0.15, 0.2) is 23.2 Å². The third-order valence-electron chi connectivity index (χ3n) is 3.09. The van der Waals surface area contributed by atoms with Gasteiger partial charge in [-0.3, -0.25) is 4.99 Å². The molecule has 1 rings (SSSR count). The van der Waals surface area contributed by atoms with Gasteiger partial charge in [-0.25, -0.2) is 8.42 Å². The molecule has 0 heterocycles. The highest BCUT2D eigenvalue weighted by Crippen LogP contribution is 2.29. The van der Waals surface area contributed by atoms with Crippen molar-refractivity contribution in [2.45, 2.75) is 6.92 Å². The van der Waals surface area contributed by atoms with E-state index in [9.17, 15) is 8.42 Å². The minimum atomic E-state index is -3.00. The first-order valence-corrected chi connectivity index (χ1v) is 9.98. The molecule has 0 atom stereocenters. The summed E-state index contributed by atoms with van der Waals surface area (Å²) in [5, 5.41) is 6.30. The van der Waals surface area contributed by atoms with Crippen LogP contribution in [0.1, 0.15) is 6.92 Å². The van der Waals surface area contributed by atoms with Gasteiger partial charge in [-0.1, -0.05) is 0 Å². The lowest BCUT2D eigenvalue weighted by Gasteiger charge is -2.13. The predicted octanol–water partition coefficient (Wildman–Crippen LogP) is 1.76. The third kappa shape index (κ3) is 10.0. The van der Waals surface area contributed by atoms with Crippen LogP contribution in [0.2, 0.25) is 0 Å². The van der Waals surface area contributed by atoms with Crippen LogP contribution in [0.5, 0.6) is 11.5 Å². The SMILES string of the molecule is CCNC(=NCCOCCS(C)(=O)=O)Nc1ccc(OC)c(OC)c1.I. The molecule has 150 valence electrons. The molecule has 0 aliphatic rings. The van der Waals surface area contributed by atoms with Crippen LogP contribution in [-0.4, -0.2) is 66.9 Å². The minimum absolute atomic E-state index is 0. The summed E-state index contributed by atoms with van der Waals surface area (Å²) >= 11 is 0. The lowest BCUT2D eigenvalue weighted by molar-refractivity contribution is 0.157. The maximum atomic E-state index is 11.0. The molecule has 0 bridgehead atoms. The summed E-state index contributed by atoms with van der Waals surface area (Å²) in [5.41, 5.74) is 0.801. The summed E-state index contributed by atoms with van der Waals surface area (Å²) < 4.78 is 37.8. The zero-order valence-electron chi connectivity index (χ0n) is 15.6. The number of benzene rings is 1. The highest BCUT2D eigenvalue weighted by atomic mass is 127. The summed E-state index contributed by atoms with van der Waals surface area (Å²) in [4.78, 5) is 4.39. The molecule has 0 radical (unpaired) electrons. The van der Waals surface area contributed by atoms with Crippen molar-refractivity contribution in [1.29, 1.82) is 0 Å². The van der Waals surface area contributed by atoms with Crippen molar-refractivity contribution in [2.24, 2.45) is 4.99 Å². The van der Waals surface area contributed by atoms with Gasteiger partial charge in [0, 0.05) is 24.6 Å². The molecule has 26 heavy (non-hydrogen) atoms. The Hall–Kier alpha value is -1.27. The summed E-state index contributed by atoms with van der Waals surface area (Å²) in [5.74, 6) is 1.88. The van der Waals surface area contributed by atoms with E-state index >= 15 is 0 Å². The van der Waals surface area contributed by atoms with E-state index in [2.05, 4.69) is 15.6 Å². The first kappa shape index (κ1) is 24.7. The number of hydrogen-bond donors (Lipinski definition) is 2. The normalized spacial score (nSPS) is 11.5. The largest absolute Gasteiger partial charge is 0.493 e. The van der Waals surface area contributed by atoms with Crippen molar-refractivity contribution >= 4 is 45.5 Å². The Kier molecular flexibility index (Phi) is 12.3. The summed E-state index contributed by atoms with van der Waals surface area (Å²) in [7, 11) is 0.165. The number of nitrogens with one attached hydrogen (secondary N) is 2. The van der Waals surface area contributed by atoms with Crippen LogP contribution in [0.4, 0.5) is 5.69 Å². The number of nitrogens with zero attached hydrogens (tertiary/aromatic N) is 1. The first-order valence-electron chi connectivity index (χ1n) is 7.92. The highest BCUT2D eigenvalue weighted by molar-refractivity contribution is 14.0. The maximum Gasteiger partial charge on any atom is 0.195 e. The molecular weight excluding hydrogens is 473 g/mol. The van der Waals surface area contributed by atoms with Crippen LogP contribution in [0.25, 0.3) is 0 Å². The van der Waals surface area contributed by atoms with E-state index in [1.807, 2.05) is 19.1 Å². The van der Waals surface area contributed by atoms with Gasteiger partial charge in [0.2, 0.25) is 0 Å². The molecule has 0 unspecified atom stereocenters. The Morgan fingerprint density at radius 3 is 2.42 bits per heavy atom. The lowest BCUT2D eigenvalue weighted by atomic mass is 10.3. The Labute approximate surface area is 172 Å². The summed E-state index contributed by atoms with van der Waals surface area (Å²) in [6.07, 6.45) is 1.19. The van der Waals surface area contributed by atoms with Gasteiger partial charge in [0.15, 0.2) is 17.5 Å². The first-order chi connectivity index (χ1) is 11.9. The van der Waals surface area contributed by atoms with Crippen LogP contribution in [0, 0.1) is 0 Å². The second-order valence-electron chi connectivity index (χ2n) is 5.20. The van der Waals surface area contributed by atoms with Gasteiger partial charge in [0.25, 0.3) is 0 Å². The van der Waals surface area contributed by atoms with Crippen molar-refractivity contribution in [3.05, 3.63) is 18.2 Å². The van der Waals surface area contributed by atoms with E-state index in [1.54, 1.807) is 20.3 Å². The molecule has 0 aliphatic carbocycles. The van der Waals surface area contributed by atoms with E-state index in [-0.39, 0.29) is 36.3 Å². The topological polar surface area (TPSA) is 98.3 Å². The molecule has 10 heteroatoms. The van der Waals surface area contributed by atoms with Gasteiger partial charge in [0.05, 0.1) is 39.7 Å². The van der Waals surface area contributed by atoms with Crippen LogP contribution < -0.4 is 20.1 Å². The van der Waals surface area contributed by atoms with Crippen LogP contribution in [0.3, 0.4) is 0 Å². The Balaban J connectivity index is 0.00000625. The molecule has 2 N–H and O–H groups in total. The Bertz CT molecular complexity index is 668. The number of guanidine groups is 1. The van der Waals surface area contributed by atoms with Gasteiger partial charge >= 0.3 is 0 Å². The number of ether oxygens (including phenoxy) is 3. The molecule has 1 aromatic rings. The molecule has 0 fully saturated rings. The Morgan fingerprint density at radius 1 is 1.15 bits per heavy atom. The minimum Gasteiger partial charge on any atom is -0.493 e. The average molecular weight is 501 g/mol. The molecule has 0 saturated heterocycles. The number of aliphatic imine (C=N–C) groups is 1. The molecular formula is C16H28IN3O5S. The highest BCUT2D eigenvalue weighted by Gasteiger charge is 2.06. The number of hydrogen-bond acceptors (Lipinski definition) is 6. The molecule has 0 aliphatic heterocycles. The van der Waals surface area contributed by atoms with E-state index in [0.29, 0.717) is 37.2 Å². The number of methoxy groups -OCH3 is 2. The van der Waals surface area contributed by atoms with Gasteiger partial charge in [-0.2, -0.15) is 0 Å². The van der Waals surface area contributed by atoms with Gasteiger partial charge in [-0.05, 0) is 19.1 Å². The smallest absolute Gasteiger partial charge is 0.195 e. The molecule has 0 saturated carbocycles. The van der Waals surface area contributed by atoms with Crippen molar-refractivity contribution < 1.29 is 22.6 Å². The molecule has 0 amide bonds. The number of rotatable bonds is 10. The van der Waals surface area contributed by atoms with Gasteiger partial charge in [0.1, 0.15) is 9.84 Å². The average Bonchev–Trinajstić information content (AvgIpc) is 2.57. The maximum absolute atomic E-state index is 11.0. The second-order valence-corrected chi connectivity index (χ2v) is 7.46. The van der Waals surface area contributed by atoms with Crippen molar-refractivity contribution in [1.82, 2.24) is 5.32 Å². The number of anilines is 1. The van der Waals surface area contributed by atoms with Crippen molar-refractivity contribution in [2.75, 3.05) is 57.8 Å². The van der Waals surface area contributed by atoms with Crippen LogP contribution in [-0.2, 0) is 14.6 Å². The van der Waals surface area contributed by atoms with E-state index in [4.69, 9.17) is 14.2 Å². The number of sulfone groups is 1. The monoisotopic (exact) mass is 501 g/mol. The van der Waals surface area contributed by atoms with E-state index in [0.717, 1.165) is 5.69 Å². The molecule has 1 aromatic carbocycles. The predicted molar refractivity (Wildman–Crippen MR) is 115 cm³/mol.